The molecule has 1 aliphatic heterocycles. The molecule has 0 radical (unpaired) electrons. The quantitative estimate of drug-likeness (QED) is 0.870. The van der Waals surface area contributed by atoms with Gasteiger partial charge in [0.2, 0.25) is 11.8 Å². The van der Waals surface area contributed by atoms with Gasteiger partial charge in [0.15, 0.2) is 0 Å². The lowest BCUT2D eigenvalue weighted by Crippen LogP contribution is -2.39. The molecule has 5 nitrogen and oxygen atoms in total. The van der Waals surface area contributed by atoms with Gasteiger partial charge in [-0.25, -0.2) is 0 Å². The van der Waals surface area contributed by atoms with Crippen LogP contribution in [0.5, 0.6) is 0 Å². The summed E-state index contributed by atoms with van der Waals surface area (Å²) in [6, 6.07) is 5.24. The van der Waals surface area contributed by atoms with Gasteiger partial charge in [-0.3, -0.25) is 9.59 Å². The number of halogens is 1. The van der Waals surface area contributed by atoms with Gasteiger partial charge in [-0.15, -0.1) is 11.8 Å². The number of anilines is 1. The van der Waals surface area contributed by atoms with Gasteiger partial charge in [0.1, 0.15) is 0 Å². The largest absolute Gasteiger partial charge is 0.383 e. The van der Waals surface area contributed by atoms with Gasteiger partial charge in [0.25, 0.3) is 0 Å². The average Bonchev–Trinajstić information content (AvgIpc) is 2.40. The molecule has 0 saturated heterocycles. The van der Waals surface area contributed by atoms with Gasteiger partial charge in [0.05, 0.1) is 17.5 Å². The van der Waals surface area contributed by atoms with Crippen molar-refractivity contribution in [1.82, 2.24) is 5.32 Å². The highest BCUT2D eigenvalue weighted by Gasteiger charge is 2.29. The van der Waals surface area contributed by atoms with Crippen molar-refractivity contribution >= 4 is 40.9 Å². The van der Waals surface area contributed by atoms with Crippen LogP contribution in [0.25, 0.3) is 0 Å². The molecule has 7 heteroatoms. The molecule has 0 aromatic heterocycles. The van der Waals surface area contributed by atoms with Crippen molar-refractivity contribution in [1.29, 1.82) is 0 Å². The van der Waals surface area contributed by atoms with E-state index in [1.54, 1.807) is 19.2 Å². The smallest absolute Gasteiger partial charge is 0.238 e. The summed E-state index contributed by atoms with van der Waals surface area (Å²) in [5.74, 6) is -0.339. The highest BCUT2D eigenvalue weighted by atomic mass is 35.5. The molecular formula is C14H17ClN2O3S. The first-order valence-corrected chi connectivity index (χ1v) is 7.80. The Morgan fingerprint density at radius 1 is 1.57 bits per heavy atom. The molecular weight excluding hydrogens is 312 g/mol. The third kappa shape index (κ3) is 4.36. The van der Waals surface area contributed by atoms with E-state index in [-0.39, 0.29) is 24.3 Å². The lowest BCUT2D eigenvalue weighted by atomic mass is 10.2. The van der Waals surface area contributed by atoms with E-state index in [1.807, 2.05) is 13.0 Å². The van der Waals surface area contributed by atoms with Gasteiger partial charge in [-0.2, -0.15) is 0 Å². The van der Waals surface area contributed by atoms with E-state index in [0.29, 0.717) is 17.3 Å². The third-order valence-electron chi connectivity index (χ3n) is 2.96. The summed E-state index contributed by atoms with van der Waals surface area (Å²) in [4.78, 5) is 24.9. The van der Waals surface area contributed by atoms with E-state index in [1.165, 1.54) is 11.8 Å². The minimum absolute atomic E-state index is 0.0785. The van der Waals surface area contributed by atoms with Crippen molar-refractivity contribution < 1.29 is 14.3 Å². The number of thioether (sulfide) groups is 1. The van der Waals surface area contributed by atoms with Crippen molar-refractivity contribution in [3.05, 3.63) is 23.2 Å². The number of fused-ring (bicyclic) bond motifs is 1. The number of methoxy groups -OCH3 is 1. The molecule has 21 heavy (non-hydrogen) atoms. The van der Waals surface area contributed by atoms with Crippen LogP contribution < -0.4 is 10.6 Å². The fourth-order valence-electron chi connectivity index (χ4n) is 2.05. The molecule has 0 bridgehead atoms. The van der Waals surface area contributed by atoms with Crippen LogP contribution in [0.4, 0.5) is 5.69 Å². The number of hydrogen-bond donors (Lipinski definition) is 2. The Hall–Kier alpha value is -1.24. The minimum atomic E-state index is -0.437. The van der Waals surface area contributed by atoms with Crippen LogP contribution in [0.3, 0.4) is 0 Å². The van der Waals surface area contributed by atoms with Crippen molar-refractivity contribution in [3.8, 4) is 0 Å². The Balaban J connectivity index is 1.97. The second-order valence-corrected chi connectivity index (χ2v) is 6.55. The Kier molecular flexibility index (Phi) is 5.50. The number of hydrogen-bond acceptors (Lipinski definition) is 4. The van der Waals surface area contributed by atoms with E-state index >= 15 is 0 Å². The normalized spacial score (nSPS) is 18.6. The summed E-state index contributed by atoms with van der Waals surface area (Å²) in [6.45, 7) is 2.30. The summed E-state index contributed by atoms with van der Waals surface area (Å²) >= 11 is 7.28. The molecule has 0 spiro atoms. The van der Waals surface area contributed by atoms with Gasteiger partial charge in [0, 0.05) is 29.5 Å². The van der Waals surface area contributed by atoms with Crippen LogP contribution in [-0.4, -0.2) is 36.8 Å². The topological polar surface area (TPSA) is 67.4 Å². The maximum Gasteiger partial charge on any atom is 0.238 e. The molecule has 1 aliphatic rings. The first-order chi connectivity index (χ1) is 9.99. The zero-order chi connectivity index (χ0) is 15.4. The highest BCUT2D eigenvalue weighted by molar-refractivity contribution is 8.01. The first kappa shape index (κ1) is 16.1. The molecule has 114 valence electrons. The summed E-state index contributed by atoms with van der Waals surface area (Å²) in [5, 5.41) is 5.72. The number of benzene rings is 1. The van der Waals surface area contributed by atoms with E-state index in [9.17, 15) is 9.59 Å². The van der Waals surface area contributed by atoms with Crippen LogP contribution in [0.15, 0.2) is 23.1 Å². The van der Waals surface area contributed by atoms with Crippen LogP contribution in [0.1, 0.15) is 13.3 Å². The van der Waals surface area contributed by atoms with Gasteiger partial charge < -0.3 is 15.4 Å². The molecule has 0 fully saturated rings. The molecule has 2 N–H and O–H groups in total. The van der Waals surface area contributed by atoms with Crippen molar-refractivity contribution in [3.63, 3.8) is 0 Å². The van der Waals surface area contributed by atoms with Crippen molar-refractivity contribution in [2.24, 2.45) is 0 Å². The standard InChI is InChI=1S/C14H17ClN2O3S/c1-8(7-20-2)16-13(18)6-12-14(19)17-10-5-9(15)3-4-11(10)21-12/h3-5,8,12H,6-7H2,1-2H3,(H,16,18)(H,17,19). The van der Waals surface area contributed by atoms with Gasteiger partial charge in [-0.1, -0.05) is 11.6 Å². The maximum absolute atomic E-state index is 12.0. The fraction of sp³-hybridized carbons (Fsp3) is 0.429. The van der Waals surface area contributed by atoms with E-state index in [4.69, 9.17) is 16.3 Å². The van der Waals surface area contributed by atoms with E-state index in [0.717, 1.165) is 4.90 Å². The number of rotatable bonds is 5. The van der Waals surface area contributed by atoms with Crippen molar-refractivity contribution in [2.75, 3.05) is 19.0 Å². The number of carbonyl (C=O) groups is 2. The molecule has 1 heterocycles. The molecule has 2 amide bonds. The summed E-state index contributed by atoms with van der Waals surface area (Å²) in [5.41, 5.74) is 0.696. The van der Waals surface area contributed by atoms with Crippen molar-refractivity contribution in [2.45, 2.75) is 29.5 Å². The Morgan fingerprint density at radius 2 is 2.33 bits per heavy atom. The van der Waals surface area contributed by atoms with Crippen LogP contribution in [0, 0.1) is 0 Å². The lowest BCUT2D eigenvalue weighted by molar-refractivity contribution is -0.124. The highest BCUT2D eigenvalue weighted by Crippen LogP contribution is 2.38. The second kappa shape index (κ2) is 7.15. The molecule has 2 atom stereocenters. The van der Waals surface area contributed by atoms with Gasteiger partial charge >= 0.3 is 0 Å². The first-order valence-electron chi connectivity index (χ1n) is 6.55. The minimum Gasteiger partial charge on any atom is -0.383 e. The Morgan fingerprint density at radius 3 is 3.05 bits per heavy atom. The molecule has 1 aromatic rings. The zero-order valence-corrected chi connectivity index (χ0v) is 13.4. The van der Waals surface area contributed by atoms with E-state index < -0.39 is 5.25 Å². The molecule has 0 aliphatic carbocycles. The predicted molar refractivity (Wildman–Crippen MR) is 83.8 cm³/mol. The summed E-state index contributed by atoms with van der Waals surface area (Å²) < 4.78 is 4.96. The molecule has 2 unspecified atom stereocenters. The summed E-state index contributed by atoms with van der Waals surface area (Å²) in [7, 11) is 1.58. The van der Waals surface area contributed by atoms with E-state index in [2.05, 4.69) is 10.6 Å². The van der Waals surface area contributed by atoms with Crippen LogP contribution in [-0.2, 0) is 14.3 Å². The number of carbonyl (C=O) groups excluding carboxylic acids is 2. The zero-order valence-electron chi connectivity index (χ0n) is 11.8. The predicted octanol–water partition coefficient (Wildman–Crippen LogP) is 2.29. The molecule has 0 saturated carbocycles. The third-order valence-corrected chi connectivity index (χ3v) is 4.47. The van der Waals surface area contributed by atoms with Gasteiger partial charge in [-0.05, 0) is 25.1 Å². The number of amides is 2. The fourth-order valence-corrected chi connectivity index (χ4v) is 3.31. The maximum atomic E-state index is 12.0. The lowest BCUT2D eigenvalue weighted by Gasteiger charge is -2.24. The average molecular weight is 329 g/mol. The molecule has 2 rings (SSSR count). The SMILES string of the molecule is COCC(C)NC(=O)CC1Sc2ccc(Cl)cc2NC1=O. The number of nitrogens with one attached hydrogen (secondary N) is 2. The molecule has 1 aromatic carbocycles. The summed E-state index contributed by atoms with van der Waals surface area (Å²) in [6.07, 6.45) is 0.132. The second-order valence-electron chi connectivity index (χ2n) is 4.86. The van der Waals surface area contributed by atoms with Crippen LogP contribution in [0.2, 0.25) is 5.02 Å². The monoisotopic (exact) mass is 328 g/mol. The Bertz CT molecular complexity index is 553. The van der Waals surface area contributed by atoms with Crippen LogP contribution >= 0.6 is 23.4 Å². The Labute approximate surface area is 132 Å². The number of ether oxygens (including phenoxy) is 1.